The predicted molar refractivity (Wildman–Crippen MR) is 98.4 cm³/mol. The minimum Gasteiger partial charge on any atom is -0.467 e. The third-order valence-corrected chi connectivity index (χ3v) is 5.12. The first-order valence-electron chi connectivity index (χ1n) is 7.37. The number of carbonyl (C=O) groups excluding carboxylic acids is 1. The van der Waals surface area contributed by atoms with Crippen LogP contribution in [-0.2, 0) is 11.3 Å². The van der Waals surface area contributed by atoms with Gasteiger partial charge in [-0.25, -0.2) is 0 Å². The third kappa shape index (κ3) is 4.80. The van der Waals surface area contributed by atoms with Crippen LogP contribution in [0, 0.1) is 10.1 Å². The summed E-state index contributed by atoms with van der Waals surface area (Å²) in [6.45, 7) is 0.491. The largest absolute Gasteiger partial charge is 0.467 e. The highest BCUT2D eigenvalue weighted by molar-refractivity contribution is 8.01. The van der Waals surface area contributed by atoms with E-state index in [2.05, 4.69) is 20.8 Å². The summed E-state index contributed by atoms with van der Waals surface area (Å²) < 4.78 is 5.83. The van der Waals surface area contributed by atoms with Gasteiger partial charge in [-0.1, -0.05) is 35.2 Å². The minimum atomic E-state index is -0.537. The molecule has 0 spiro atoms. The highest BCUT2D eigenvalue weighted by Gasteiger charge is 2.15. The fourth-order valence-corrected chi connectivity index (χ4v) is 3.52. The van der Waals surface area contributed by atoms with Gasteiger partial charge in [0.05, 0.1) is 23.5 Å². The second kappa shape index (κ2) is 8.45. The van der Waals surface area contributed by atoms with Gasteiger partial charge in [0.25, 0.3) is 5.69 Å². The van der Waals surface area contributed by atoms with Crippen molar-refractivity contribution in [1.29, 1.82) is 0 Å². The molecule has 1 aromatic carbocycles. The average Bonchev–Trinajstić information content (AvgIpc) is 3.30. The number of nitro benzene ring substituents is 1. The Morgan fingerprint density at radius 1 is 1.27 bits per heavy atom. The Morgan fingerprint density at radius 2 is 2.12 bits per heavy atom. The van der Waals surface area contributed by atoms with E-state index in [-0.39, 0.29) is 23.0 Å². The van der Waals surface area contributed by atoms with Gasteiger partial charge in [-0.2, -0.15) is 0 Å². The van der Waals surface area contributed by atoms with Crippen molar-refractivity contribution in [3.05, 3.63) is 58.5 Å². The highest BCUT2D eigenvalue weighted by atomic mass is 32.2. The summed E-state index contributed by atoms with van der Waals surface area (Å²) in [6, 6.07) is 9.64. The second-order valence-corrected chi connectivity index (χ2v) is 7.12. The first kappa shape index (κ1) is 17.9. The van der Waals surface area contributed by atoms with Crippen molar-refractivity contribution < 1.29 is 14.1 Å². The van der Waals surface area contributed by atoms with Gasteiger partial charge >= 0.3 is 0 Å². The molecule has 11 heteroatoms. The second-order valence-electron chi connectivity index (χ2n) is 4.92. The lowest BCUT2D eigenvalue weighted by atomic mass is 10.2. The van der Waals surface area contributed by atoms with Crippen LogP contribution in [0.3, 0.4) is 0 Å². The maximum Gasteiger partial charge on any atom is 0.292 e. The SMILES string of the molecule is O=C(CSc1nnc(NCc2ccco2)s1)Nc1ccccc1[N+](=O)[O-]. The number of nitrogens with zero attached hydrogens (tertiary/aromatic N) is 3. The van der Waals surface area contributed by atoms with Crippen molar-refractivity contribution >= 4 is 45.5 Å². The van der Waals surface area contributed by atoms with Crippen LogP contribution in [0.2, 0.25) is 0 Å². The molecular formula is C15H13N5O4S2. The van der Waals surface area contributed by atoms with E-state index >= 15 is 0 Å². The number of nitro groups is 1. The lowest BCUT2D eigenvalue weighted by molar-refractivity contribution is -0.383. The Hall–Kier alpha value is -2.92. The molecule has 2 N–H and O–H groups in total. The summed E-state index contributed by atoms with van der Waals surface area (Å²) in [5.41, 5.74) is 0.0207. The normalized spacial score (nSPS) is 10.5. The van der Waals surface area contributed by atoms with Crippen molar-refractivity contribution in [3.63, 3.8) is 0 Å². The number of nitrogens with one attached hydrogen (secondary N) is 2. The van der Waals surface area contributed by atoms with Crippen molar-refractivity contribution in [1.82, 2.24) is 10.2 Å². The summed E-state index contributed by atoms with van der Waals surface area (Å²) in [4.78, 5) is 22.4. The van der Waals surface area contributed by atoms with Crippen LogP contribution in [0.1, 0.15) is 5.76 Å². The number of carbonyl (C=O) groups is 1. The molecule has 0 atom stereocenters. The molecule has 3 rings (SSSR count). The molecule has 0 aliphatic carbocycles. The molecule has 26 heavy (non-hydrogen) atoms. The van der Waals surface area contributed by atoms with E-state index in [0.29, 0.717) is 16.0 Å². The Morgan fingerprint density at radius 3 is 2.88 bits per heavy atom. The first-order valence-corrected chi connectivity index (χ1v) is 9.18. The van der Waals surface area contributed by atoms with Crippen molar-refractivity contribution in [2.75, 3.05) is 16.4 Å². The molecule has 0 bridgehead atoms. The molecule has 0 radical (unpaired) electrons. The highest BCUT2D eigenvalue weighted by Crippen LogP contribution is 2.27. The number of aromatic nitrogens is 2. The molecule has 2 aromatic heterocycles. The summed E-state index contributed by atoms with van der Waals surface area (Å²) in [5.74, 6) is 0.488. The number of para-hydroxylation sites is 2. The quantitative estimate of drug-likeness (QED) is 0.340. The summed E-state index contributed by atoms with van der Waals surface area (Å²) in [6.07, 6.45) is 1.59. The lowest BCUT2D eigenvalue weighted by Gasteiger charge is -2.04. The van der Waals surface area contributed by atoms with Crippen molar-refractivity contribution in [3.8, 4) is 0 Å². The zero-order valence-electron chi connectivity index (χ0n) is 13.2. The zero-order chi connectivity index (χ0) is 18.4. The van der Waals surface area contributed by atoms with Gasteiger partial charge in [0.2, 0.25) is 11.0 Å². The number of benzene rings is 1. The zero-order valence-corrected chi connectivity index (χ0v) is 14.9. The molecule has 9 nitrogen and oxygen atoms in total. The molecule has 0 fully saturated rings. The van der Waals surface area contributed by atoms with Crippen molar-refractivity contribution in [2.24, 2.45) is 0 Å². The number of anilines is 2. The molecule has 0 saturated carbocycles. The lowest BCUT2D eigenvalue weighted by Crippen LogP contribution is -2.15. The van der Waals surface area contributed by atoms with Crippen LogP contribution in [0.4, 0.5) is 16.5 Å². The van der Waals surface area contributed by atoms with Crippen LogP contribution >= 0.6 is 23.1 Å². The Bertz CT molecular complexity index is 897. The molecule has 2 heterocycles. The van der Waals surface area contributed by atoms with Gasteiger partial charge in [-0.05, 0) is 18.2 Å². The Labute approximate surface area is 156 Å². The summed E-state index contributed by atoms with van der Waals surface area (Å²) in [7, 11) is 0. The third-order valence-electron chi connectivity index (χ3n) is 3.10. The number of rotatable bonds is 8. The van der Waals surface area contributed by atoms with E-state index in [9.17, 15) is 14.9 Å². The van der Waals surface area contributed by atoms with Gasteiger partial charge in [-0.3, -0.25) is 14.9 Å². The van der Waals surface area contributed by atoms with E-state index in [1.54, 1.807) is 24.5 Å². The van der Waals surface area contributed by atoms with E-state index < -0.39 is 4.92 Å². The molecular weight excluding hydrogens is 378 g/mol. The standard InChI is InChI=1S/C15H13N5O4S2/c21-13(17-11-5-1-2-6-12(11)20(22)23)9-25-15-19-18-14(26-15)16-8-10-4-3-7-24-10/h1-7H,8-9H2,(H,16,18)(H,17,21). The Balaban J connectivity index is 1.50. The molecule has 0 saturated heterocycles. The molecule has 3 aromatic rings. The van der Waals surface area contributed by atoms with Crippen molar-refractivity contribution in [2.45, 2.75) is 10.9 Å². The maximum atomic E-state index is 12.0. The minimum absolute atomic E-state index is 0.0683. The van der Waals surface area contributed by atoms with E-state index in [1.807, 2.05) is 6.07 Å². The van der Waals surface area contributed by atoms with Gasteiger partial charge < -0.3 is 15.1 Å². The summed E-state index contributed by atoms with van der Waals surface area (Å²) in [5, 5.41) is 25.2. The molecule has 1 amide bonds. The fraction of sp³-hybridized carbons (Fsp3) is 0.133. The fourth-order valence-electron chi connectivity index (χ4n) is 1.97. The Kier molecular flexibility index (Phi) is 5.81. The average molecular weight is 391 g/mol. The van der Waals surface area contributed by atoms with E-state index in [0.717, 1.165) is 5.76 Å². The molecule has 0 unspecified atom stereocenters. The monoisotopic (exact) mass is 391 g/mol. The van der Waals surface area contributed by atoms with Crippen LogP contribution in [0.25, 0.3) is 0 Å². The van der Waals surface area contributed by atoms with Crippen LogP contribution in [0.15, 0.2) is 51.4 Å². The maximum absolute atomic E-state index is 12.0. The summed E-state index contributed by atoms with van der Waals surface area (Å²) >= 11 is 2.52. The number of hydrogen-bond acceptors (Lipinski definition) is 9. The first-order chi connectivity index (χ1) is 12.6. The molecule has 0 aliphatic heterocycles. The van der Waals surface area contributed by atoms with Gasteiger partial charge in [0.1, 0.15) is 11.4 Å². The van der Waals surface area contributed by atoms with Crippen LogP contribution in [-0.4, -0.2) is 26.8 Å². The van der Waals surface area contributed by atoms with Crippen LogP contribution < -0.4 is 10.6 Å². The van der Waals surface area contributed by atoms with Crippen LogP contribution in [0.5, 0.6) is 0 Å². The number of amides is 1. The molecule has 0 aliphatic rings. The smallest absolute Gasteiger partial charge is 0.292 e. The van der Waals surface area contributed by atoms with E-state index in [4.69, 9.17) is 4.42 Å². The predicted octanol–water partition coefficient (Wildman–Crippen LogP) is 3.38. The van der Waals surface area contributed by atoms with Gasteiger partial charge in [0.15, 0.2) is 4.34 Å². The van der Waals surface area contributed by atoms with Gasteiger partial charge in [-0.15, -0.1) is 10.2 Å². The number of thioether (sulfide) groups is 1. The number of hydrogen-bond donors (Lipinski definition) is 2. The molecule has 134 valence electrons. The van der Waals surface area contributed by atoms with Gasteiger partial charge in [0, 0.05) is 6.07 Å². The topological polar surface area (TPSA) is 123 Å². The van der Waals surface area contributed by atoms with E-state index in [1.165, 1.54) is 35.2 Å². The number of furan rings is 1.